The molecule has 2 fully saturated rings. The van der Waals surface area contributed by atoms with E-state index in [1.807, 2.05) is 54.6 Å². The van der Waals surface area contributed by atoms with Gasteiger partial charge in [0.1, 0.15) is 11.5 Å². The van der Waals surface area contributed by atoms with E-state index in [2.05, 4.69) is 22.3 Å². The maximum absolute atomic E-state index is 11.1. The van der Waals surface area contributed by atoms with Crippen LogP contribution < -0.4 is 10.1 Å². The Labute approximate surface area is 195 Å². The van der Waals surface area contributed by atoms with Gasteiger partial charge in [-0.05, 0) is 73.2 Å². The van der Waals surface area contributed by atoms with E-state index < -0.39 is 5.97 Å². The van der Waals surface area contributed by atoms with E-state index in [1.165, 1.54) is 36.8 Å². The summed E-state index contributed by atoms with van der Waals surface area (Å²) >= 11 is 0. The number of hydrogen-bond acceptors (Lipinski definition) is 4. The lowest BCUT2D eigenvalue weighted by Crippen LogP contribution is -2.48. The molecule has 2 bridgehead atoms. The summed E-state index contributed by atoms with van der Waals surface area (Å²) in [7, 11) is 0. The van der Waals surface area contributed by atoms with E-state index in [4.69, 9.17) is 9.84 Å². The molecule has 2 N–H and O–H groups in total. The number of nitrogens with zero attached hydrogens (tertiary/aromatic N) is 1. The Morgan fingerprint density at radius 3 is 2.09 bits per heavy atom. The van der Waals surface area contributed by atoms with Crippen LogP contribution in [0.2, 0.25) is 0 Å². The van der Waals surface area contributed by atoms with E-state index in [0.29, 0.717) is 23.7 Å². The first kappa shape index (κ1) is 21.7. The molecule has 2 unspecified atom stereocenters. The van der Waals surface area contributed by atoms with Crippen LogP contribution in [0.4, 0.5) is 0 Å². The predicted molar refractivity (Wildman–Crippen MR) is 129 cm³/mol. The van der Waals surface area contributed by atoms with Gasteiger partial charge in [-0.15, -0.1) is 0 Å². The number of carboxylic acids is 1. The SMILES string of the molecule is O=C(O)c1ccc(CN2C3CCC2CC(NCc2ccc(Oc4ccccc4)cc2)C3)cc1. The number of fused-ring (bicyclic) bond motifs is 2. The van der Waals surface area contributed by atoms with Gasteiger partial charge >= 0.3 is 5.97 Å². The van der Waals surface area contributed by atoms with Crippen LogP contribution >= 0.6 is 0 Å². The minimum Gasteiger partial charge on any atom is -0.478 e. The summed E-state index contributed by atoms with van der Waals surface area (Å²) in [6.45, 7) is 1.78. The van der Waals surface area contributed by atoms with Crippen LogP contribution in [-0.4, -0.2) is 34.1 Å². The van der Waals surface area contributed by atoms with Gasteiger partial charge in [-0.3, -0.25) is 4.90 Å². The molecule has 0 aromatic heterocycles. The number of para-hydroxylation sites is 1. The molecule has 3 aromatic rings. The average Bonchev–Trinajstić information content (AvgIpc) is 3.06. The Hall–Kier alpha value is -3.15. The molecule has 5 heteroatoms. The van der Waals surface area contributed by atoms with Crippen molar-refractivity contribution in [2.75, 3.05) is 0 Å². The molecule has 0 radical (unpaired) electrons. The van der Waals surface area contributed by atoms with E-state index in [1.54, 1.807) is 12.1 Å². The Kier molecular flexibility index (Phi) is 6.42. The Morgan fingerprint density at radius 1 is 0.848 bits per heavy atom. The van der Waals surface area contributed by atoms with Crippen molar-refractivity contribution in [2.24, 2.45) is 0 Å². The minimum absolute atomic E-state index is 0.351. The molecular weight excluding hydrogens is 412 g/mol. The lowest BCUT2D eigenvalue weighted by Gasteiger charge is -2.39. The van der Waals surface area contributed by atoms with Crippen LogP contribution in [0.5, 0.6) is 11.5 Å². The van der Waals surface area contributed by atoms with Crippen molar-refractivity contribution < 1.29 is 14.6 Å². The summed E-state index contributed by atoms with van der Waals surface area (Å²) in [5, 5.41) is 12.9. The third-order valence-corrected chi connectivity index (χ3v) is 6.95. The largest absolute Gasteiger partial charge is 0.478 e. The molecule has 5 rings (SSSR count). The third-order valence-electron chi connectivity index (χ3n) is 6.95. The molecule has 2 atom stereocenters. The standard InChI is InChI=1S/C28H30N2O3/c31-28(32)22-10-6-21(7-11-22)19-30-24-12-13-25(30)17-23(16-24)29-18-20-8-14-27(15-9-20)33-26-4-2-1-3-5-26/h1-11,14-15,23-25,29H,12-13,16-19H2,(H,31,32). The highest BCUT2D eigenvalue weighted by Crippen LogP contribution is 2.37. The highest BCUT2D eigenvalue weighted by molar-refractivity contribution is 5.87. The molecule has 2 aliphatic heterocycles. The van der Waals surface area contributed by atoms with Crippen molar-refractivity contribution in [3.8, 4) is 11.5 Å². The van der Waals surface area contributed by atoms with Gasteiger partial charge in [0, 0.05) is 31.2 Å². The summed E-state index contributed by atoms with van der Waals surface area (Å²) < 4.78 is 5.89. The number of hydrogen-bond donors (Lipinski definition) is 2. The number of piperidine rings is 1. The molecule has 2 aliphatic rings. The summed E-state index contributed by atoms with van der Waals surface area (Å²) in [6, 6.07) is 27.3. The van der Waals surface area contributed by atoms with Crippen LogP contribution in [0.3, 0.4) is 0 Å². The second-order valence-corrected chi connectivity index (χ2v) is 9.17. The van der Waals surface area contributed by atoms with Crippen LogP contribution in [-0.2, 0) is 13.1 Å². The number of aromatic carboxylic acids is 1. The first-order valence-electron chi connectivity index (χ1n) is 11.8. The van der Waals surface area contributed by atoms with Gasteiger partial charge in [0.2, 0.25) is 0 Å². The van der Waals surface area contributed by atoms with Crippen molar-refractivity contribution in [1.82, 2.24) is 10.2 Å². The highest BCUT2D eigenvalue weighted by atomic mass is 16.5. The predicted octanol–water partition coefficient (Wildman–Crippen LogP) is 5.46. The zero-order chi connectivity index (χ0) is 22.6. The average molecular weight is 443 g/mol. The van der Waals surface area contributed by atoms with Crippen molar-refractivity contribution in [2.45, 2.75) is 56.9 Å². The molecule has 0 aliphatic carbocycles. The second kappa shape index (κ2) is 9.77. The zero-order valence-electron chi connectivity index (χ0n) is 18.7. The van der Waals surface area contributed by atoms with Crippen molar-refractivity contribution in [1.29, 1.82) is 0 Å². The minimum atomic E-state index is -0.869. The van der Waals surface area contributed by atoms with Crippen LogP contribution in [0.25, 0.3) is 0 Å². The maximum atomic E-state index is 11.1. The number of ether oxygens (including phenoxy) is 1. The lowest BCUT2D eigenvalue weighted by molar-refractivity contribution is 0.0696. The van der Waals surface area contributed by atoms with Crippen LogP contribution in [0.1, 0.15) is 47.2 Å². The first-order chi connectivity index (χ1) is 16.1. The summed E-state index contributed by atoms with van der Waals surface area (Å²) in [5.41, 5.74) is 2.81. The summed E-state index contributed by atoms with van der Waals surface area (Å²) in [6.07, 6.45) is 4.83. The van der Waals surface area contributed by atoms with E-state index >= 15 is 0 Å². The molecule has 170 valence electrons. The second-order valence-electron chi connectivity index (χ2n) is 9.17. The molecular formula is C28H30N2O3. The molecule has 2 heterocycles. The smallest absolute Gasteiger partial charge is 0.335 e. The van der Waals surface area contributed by atoms with Gasteiger partial charge in [0.05, 0.1) is 5.56 Å². The van der Waals surface area contributed by atoms with Crippen molar-refractivity contribution in [3.05, 3.63) is 95.6 Å². The van der Waals surface area contributed by atoms with Gasteiger partial charge in [0.15, 0.2) is 0 Å². The fourth-order valence-corrected chi connectivity index (χ4v) is 5.22. The van der Waals surface area contributed by atoms with E-state index in [9.17, 15) is 4.79 Å². The zero-order valence-corrected chi connectivity index (χ0v) is 18.7. The normalized spacial score (nSPS) is 22.2. The molecule has 5 nitrogen and oxygen atoms in total. The molecule has 33 heavy (non-hydrogen) atoms. The Balaban J connectivity index is 1.12. The van der Waals surface area contributed by atoms with E-state index in [-0.39, 0.29) is 0 Å². The number of rotatable bonds is 8. The van der Waals surface area contributed by atoms with E-state index in [0.717, 1.165) is 24.6 Å². The summed E-state index contributed by atoms with van der Waals surface area (Å²) in [4.78, 5) is 13.7. The first-order valence-corrected chi connectivity index (χ1v) is 11.8. The van der Waals surface area contributed by atoms with Gasteiger partial charge in [-0.25, -0.2) is 4.79 Å². The van der Waals surface area contributed by atoms with Crippen LogP contribution in [0, 0.1) is 0 Å². The topological polar surface area (TPSA) is 61.8 Å². The molecule has 0 amide bonds. The third kappa shape index (κ3) is 5.27. The lowest BCUT2D eigenvalue weighted by atomic mass is 9.96. The fourth-order valence-electron chi connectivity index (χ4n) is 5.22. The fraction of sp³-hybridized carbons (Fsp3) is 0.321. The van der Waals surface area contributed by atoms with Crippen molar-refractivity contribution in [3.63, 3.8) is 0 Å². The Bertz CT molecular complexity index is 1050. The molecule has 3 aromatic carbocycles. The number of carbonyl (C=O) groups is 1. The maximum Gasteiger partial charge on any atom is 0.335 e. The summed E-state index contributed by atoms with van der Waals surface area (Å²) in [5.74, 6) is 0.836. The quantitative estimate of drug-likeness (QED) is 0.485. The van der Waals surface area contributed by atoms with Gasteiger partial charge in [0.25, 0.3) is 0 Å². The van der Waals surface area contributed by atoms with Gasteiger partial charge in [-0.1, -0.05) is 42.5 Å². The van der Waals surface area contributed by atoms with Crippen LogP contribution in [0.15, 0.2) is 78.9 Å². The molecule has 2 saturated heterocycles. The van der Waals surface area contributed by atoms with Gasteiger partial charge in [-0.2, -0.15) is 0 Å². The highest BCUT2D eigenvalue weighted by Gasteiger charge is 2.40. The monoisotopic (exact) mass is 442 g/mol. The number of carboxylic acid groups (broad SMARTS) is 1. The molecule has 0 spiro atoms. The number of nitrogens with one attached hydrogen (secondary N) is 1. The number of benzene rings is 3. The van der Waals surface area contributed by atoms with Crippen molar-refractivity contribution >= 4 is 5.97 Å². The Morgan fingerprint density at radius 2 is 1.45 bits per heavy atom. The van der Waals surface area contributed by atoms with Gasteiger partial charge < -0.3 is 15.2 Å². The molecule has 0 saturated carbocycles.